The zero-order chi connectivity index (χ0) is 19.4. The maximum Gasteiger partial charge on any atom is 0.205 e. The number of halogens is 3. The van der Waals surface area contributed by atoms with Gasteiger partial charge in [0.25, 0.3) is 0 Å². The van der Waals surface area contributed by atoms with E-state index in [1.54, 1.807) is 47.3 Å². The molecule has 0 aliphatic rings. The van der Waals surface area contributed by atoms with Crippen LogP contribution in [0.5, 0.6) is 5.75 Å². The highest BCUT2D eigenvalue weighted by molar-refractivity contribution is 9.10. The van der Waals surface area contributed by atoms with E-state index in [1.165, 1.54) is 6.08 Å². The van der Waals surface area contributed by atoms with Crippen LogP contribution in [0.2, 0.25) is 10.0 Å². The van der Waals surface area contributed by atoms with Crippen LogP contribution in [-0.2, 0) is 13.2 Å². The fourth-order valence-electron chi connectivity index (χ4n) is 2.41. The number of allylic oxidation sites excluding steroid dienone is 1. The van der Waals surface area contributed by atoms with Crippen LogP contribution < -0.4 is 4.74 Å². The molecular weight excluding hydrogens is 455 g/mol. The van der Waals surface area contributed by atoms with Gasteiger partial charge in [-0.05, 0) is 59.3 Å². The Bertz CT molecular complexity index is 975. The Morgan fingerprint density at radius 1 is 1.30 bits per heavy atom. The summed E-state index contributed by atoms with van der Waals surface area (Å²) in [6.07, 6.45) is 4.66. The van der Waals surface area contributed by atoms with Gasteiger partial charge in [-0.25, -0.2) is 0 Å². The summed E-state index contributed by atoms with van der Waals surface area (Å²) in [6, 6.07) is 8.66. The van der Waals surface area contributed by atoms with E-state index in [0.717, 1.165) is 0 Å². The maximum absolute atomic E-state index is 12.4. The van der Waals surface area contributed by atoms with Crippen molar-refractivity contribution >= 4 is 51.0 Å². The highest BCUT2D eigenvalue weighted by Crippen LogP contribution is 2.33. The van der Waals surface area contributed by atoms with E-state index in [0.29, 0.717) is 44.0 Å². The van der Waals surface area contributed by atoms with Crippen LogP contribution in [0, 0.1) is 0 Å². The van der Waals surface area contributed by atoms with E-state index in [1.807, 2.05) is 6.92 Å². The normalized spacial score (nSPS) is 11.3. The number of para-hydroxylation sites is 1. The molecule has 5 nitrogen and oxygen atoms in total. The first-order chi connectivity index (χ1) is 13.0. The standard InChI is InChI=1S/C19H15BrCl2N2O3/c1-2-24-18(14(20)10-23-24)17(25)9-8-12-6-7-13(27-12)11-26-19-15(21)4-3-5-16(19)22/h3-10H,2,11H2,1H3/b9-8+. The molecule has 0 spiro atoms. The van der Waals surface area contributed by atoms with Gasteiger partial charge in [0.1, 0.15) is 23.8 Å². The summed E-state index contributed by atoms with van der Waals surface area (Å²) >= 11 is 15.5. The van der Waals surface area contributed by atoms with Crippen molar-refractivity contribution in [3.63, 3.8) is 0 Å². The molecule has 1 aromatic carbocycles. The van der Waals surface area contributed by atoms with E-state index < -0.39 is 0 Å². The average molecular weight is 470 g/mol. The van der Waals surface area contributed by atoms with Crippen LogP contribution in [0.25, 0.3) is 6.08 Å². The molecular formula is C19H15BrCl2N2O3. The first kappa shape index (κ1) is 19.7. The third-order valence-corrected chi connectivity index (χ3v) is 4.86. The summed E-state index contributed by atoms with van der Waals surface area (Å²) in [5.41, 5.74) is 0.497. The number of carbonyl (C=O) groups is 1. The van der Waals surface area contributed by atoms with Crippen molar-refractivity contribution < 1.29 is 13.9 Å². The van der Waals surface area contributed by atoms with E-state index in [2.05, 4.69) is 21.0 Å². The van der Waals surface area contributed by atoms with Crippen molar-refractivity contribution in [1.29, 1.82) is 0 Å². The molecule has 0 bridgehead atoms. The van der Waals surface area contributed by atoms with Crippen molar-refractivity contribution in [3.8, 4) is 5.75 Å². The zero-order valence-electron chi connectivity index (χ0n) is 14.3. The van der Waals surface area contributed by atoms with Gasteiger partial charge < -0.3 is 9.15 Å². The Labute approximate surface area is 174 Å². The van der Waals surface area contributed by atoms with Gasteiger partial charge in [-0.2, -0.15) is 5.10 Å². The van der Waals surface area contributed by atoms with Crippen LogP contribution in [-0.4, -0.2) is 15.6 Å². The number of carbonyl (C=O) groups excluding carboxylic acids is 1. The van der Waals surface area contributed by atoms with Gasteiger partial charge in [-0.1, -0.05) is 29.3 Å². The van der Waals surface area contributed by atoms with Crippen LogP contribution >= 0.6 is 39.1 Å². The molecule has 0 atom stereocenters. The summed E-state index contributed by atoms with van der Waals surface area (Å²) in [4.78, 5) is 12.4. The minimum absolute atomic E-state index is 0.166. The first-order valence-corrected chi connectivity index (χ1v) is 9.63. The number of furan rings is 1. The molecule has 3 rings (SSSR count). The molecule has 27 heavy (non-hydrogen) atoms. The SMILES string of the molecule is CCn1ncc(Br)c1C(=O)/C=C/c1ccc(COc2c(Cl)cccc2Cl)o1. The summed E-state index contributed by atoms with van der Waals surface area (Å²) in [5.74, 6) is 1.35. The summed E-state index contributed by atoms with van der Waals surface area (Å²) in [5, 5.41) is 4.99. The first-order valence-electron chi connectivity index (χ1n) is 8.08. The lowest BCUT2D eigenvalue weighted by Gasteiger charge is -2.07. The van der Waals surface area contributed by atoms with Gasteiger partial charge >= 0.3 is 0 Å². The molecule has 8 heteroatoms. The van der Waals surface area contributed by atoms with Crippen molar-refractivity contribution in [3.05, 3.63) is 74.3 Å². The molecule has 0 unspecified atom stereocenters. The molecule has 0 N–H and O–H groups in total. The predicted octanol–water partition coefficient (Wildman–Crippen LogP) is 6.04. The molecule has 140 valence electrons. The molecule has 0 saturated heterocycles. The Morgan fingerprint density at radius 3 is 2.74 bits per heavy atom. The topological polar surface area (TPSA) is 57.3 Å². The molecule has 0 aliphatic carbocycles. The number of rotatable bonds is 7. The molecule has 3 aromatic rings. The van der Waals surface area contributed by atoms with Crippen LogP contribution in [0.4, 0.5) is 0 Å². The molecule has 0 radical (unpaired) electrons. The fourth-order valence-corrected chi connectivity index (χ4v) is 3.41. The molecule has 0 saturated carbocycles. The molecule has 0 fully saturated rings. The number of hydrogen-bond donors (Lipinski definition) is 0. The highest BCUT2D eigenvalue weighted by atomic mass is 79.9. The Hall–Kier alpha value is -2.02. The summed E-state index contributed by atoms with van der Waals surface area (Å²) in [7, 11) is 0. The Kier molecular flexibility index (Phi) is 6.42. The molecule has 0 amide bonds. The van der Waals surface area contributed by atoms with Crippen molar-refractivity contribution in [2.24, 2.45) is 0 Å². The largest absolute Gasteiger partial charge is 0.483 e. The monoisotopic (exact) mass is 468 g/mol. The van der Waals surface area contributed by atoms with Gasteiger partial charge in [0.05, 0.1) is 20.7 Å². The van der Waals surface area contributed by atoms with Crippen LogP contribution in [0.15, 0.2) is 51.5 Å². The number of aryl methyl sites for hydroxylation is 1. The quantitative estimate of drug-likeness (QED) is 0.312. The van der Waals surface area contributed by atoms with Crippen molar-refractivity contribution in [2.45, 2.75) is 20.1 Å². The van der Waals surface area contributed by atoms with Crippen molar-refractivity contribution in [2.75, 3.05) is 0 Å². The lowest BCUT2D eigenvalue weighted by molar-refractivity contribution is 0.103. The molecule has 0 aliphatic heterocycles. The number of ether oxygens (including phenoxy) is 1. The highest BCUT2D eigenvalue weighted by Gasteiger charge is 2.14. The number of hydrogen-bond acceptors (Lipinski definition) is 4. The van der Waals surface area contributed by atoms with Gasteiger partial charge in [-0.15, -0.1) is 0 Å². The number of aromatic nitrogens is 2. The van der Waals surface area contributed by atoms with Crippen LogP contribution in [0.3, 0.4) is 0 Å². The van der Waals surface area contributed by atoms with Gasteiger partial charge in [0, 0.05) is 6.54 Å². The number of ketones is 1. The predicted molar refractivity (Wildman–Crippen MR) is 108 cm³/mol. The summed E-state index contributed by atoms with van der Waals surface area (Å²) < 4.78 is 13.6. The van der Waals surface area contributed by atoms with Gasteiger partial charge in [-0.3, -0.25) is 9.48 Å². The molecule has 2 aromatic heterocycles. The van der Waals surface area contributed by atoms with E-state index >= 15 is 0 Å². The summed E-state index contributed by atoms with van der Waals surface area (Å²) in [6.45, 7) is 2.69. The van der Waals surface area contributed by atoms with Gasteiger partial charge in [0.15, 0.2) is 5.75 Å². The molecule has 2 heterocycles. The lowest BCUT2D eigenvalue weighted by atomic mass is 10.2. The van der Waals surface area contributed by atoms with Gasteiger partial charge in [0.2, 0.25) is 5.78 Å². The van der Waals surface area contributed by atoms with E-state index in [9.17, 15) is 4.79 Å². The van der Waals surface area contributed by atoms with Crippen molar-refractivity contribution in [1.82, 2.24) is 9.78 Å². The number of benzene rings is 1. The maximum atomic E-state index is 12.4. The Morgan fingerprint density at radius 2 is 2.04 bits per heavy atom. The second kappa shape index (κ2) is 8.78. The smallest absolute Gasteiger partial charge is 0.205 e. The fraction of sp³-hybridized carbons (Fsp3) is 0.158. The third-order valence-electron chi connectivity index (χ3n) is 3.69. The average Bonchev–Trinajstić information content (AvgIpc) is 3.25. The van der Waals surface area contributed by atoms with E-state index in [4.69, 9.17) is 32.4 Å². The third kappa shape index (κ3) is 4.64. The minimum Gasteiger partial charge on any atom is -0.483 e. The Balaban J connectivity index is 1.66. The number of nitrogens with zero attached hydrogens (tertiary/aromatic N) is 2. The second-order valence-corrected chi connectivity index (χ2v) is 7.17. The minimum atomic E-state index is -0.168. The zero-order valence-corrected chi connectivity index (χ0v) is 17.4. The second-order valence-electron chi connectivity index (χ2n) is 5.50. The lowest BCUT2D eigenvalue weighted by Crippen LogP contribution is -2.07. The van der Waals surface area contributed by atoms with E-state index in [-0.39, 0.29) is 12.4 Å². The van der Waals surface area contributed by atoms with Crippen LogP contribution in [0.1, 0.15) is 28.9 Å².